The second kappa shape index (κ2) is 4.12. The molecule has 0 spiro atoms. The summed E-state index contributed by atoms with van der Waals surface area (Å²) in [4.78, 5) is 11.0. The number of hydrogen-bond donors (Lipinski definition) is 1. The standard InChI is InChI=1S/C14H16O2/c1-3-10-4-5-11-8-13(14(15)16)9(2)6-12(11)7-10/h6-8H,3-5H2,1-2H3,(H,15,16). The molecule has 0 saturated heterocycles. The average molecular weight is 216 g/mol. The van der Waals surface area contributed by atoms with Gasteiger partial charge in [-0.3, -0.25) is 0 Å². The summed E-state index contributed by atoms with van der Waals surface area (Å²) in [6.45, 7) is 4.02. The van der Waals surface area contributed by atoms with Crippen LogP contribution in [-0.2, 0) is 6.42 Å². The molecular weight excluding hydrogens is 200 g/mol. The van der Waals surface area contributed by atoms with E-state index in [1.807, 2.05) is 19.1 Å². The highest BCUT2D eigenvalue weighted by Crippen LogP contribution is 2.28. The maximum absolute atomic E-state index is 11.0. The summed E-state index contributed by atoms with van der Waals surface area (Å²) >= 11 is 0. The number of carboxylic acid groups (broad SMARTS) is 1. The van der Waals surface area contributed by atoms with E-state index in [-0.39, 0.29) is 0 Å². The quantitative estimate of drug-likeness (QED) is 0.822. The molecule has 2 heteroatoms. The molecule has 0 radical (unpaired) electrons. The second-order valence-corrected chi connectivity index (χ2v) is 4.33. The average Bonchev–Trinajstić information content (AvgIpc) is 2.27. The van der Waals surface area contributed by atoms with E-state index >= 15 is 0 Å². The molecule has 0 aliphatic heterocycles. The molecule has 2 rings (SSSR count). The van der Waals surface area contributed by atoms with Crippen LogP contribution in [0.5, 0.6) is 0 Å². The smallest absolute Gasteiger partial charge is 0.335 e. The van der Waals surface area contributed by atoms with E-state index in [1.165, 1.54) is 16.7 Å². The Kier molecular flexibility index (Phi) is 2.82. The van der Waals surface area contributed by atoms with Crippen LogP contribution in [0.2, 0.25) is 0 Å². The largest absolute Gasteiger partial charge is 0.478 e. The molecule has 16 heavy (non-hydrogen) atoms. The summed E-state index contributed by atoms with van der Waals surface area (Å²) in [7, 11) is 0. The summed E-state index contributed by atoms with van der Waals surface area (Å²) in [5.41, 5.74) is 5.10. The first kappa shape index (κ1) is 10.9. The van der Waals surface area contributed by atoms with Gasteiger partial charge in [-0.2, -0.15) is 0 Å². The van der Waals surface area contributed by atoms with Crippen molar-refractivity contribution in [3.05, 3.63) is 40.0 Å². The molecule has 0 unspecified atom stereocenters. The summed E-state index contributed by atoms with van der Waals surface area (Å²) in [5.74, 6) is -0.828. The lowest BCUT2D eigenvalue weighted by molar-refractivity contribution is 0.0696. The summed E-state index contributed by atoms with van der Waals surface area (Å²) in [6.07, 6.45) is 5.32. The molecular formula is C14H16O2. The first-order chi connectivity index (χ1) is 7.61. The number of allylic oxidation sites excluding steroid dienone is 1. The maximum Gasteiger partial charge on any atom is 0.335 e. The van der Waals surface area contributed by atoms with Gasteiger partial charge in [0.1, 0.15) is 0 Å². The Morgan fingerprint density at radius 1 is 1.38 bits per heavy atom. The molecule has 1 aromatic rings. The van der Waals surface area contributed by atoms with E-state index < -0.39 is 5.97 Å². The zero-order valence-electron chi connectivity index (χ0n) is 9.71. The molecule has 1 N–H and O–H groups in total. The Balaban J connectivity index is 2.50. The lowest BCUT2D eigenvalue weighted by Gasteiger charge is -2.17. The molecule has 1 aromatic carbocycles. The fourth-order valence-electron chi connectivity index (χ4n) is 2.22. The van der Waals surface area contributed by atoms with Crippen molar-refractivity contribution in [3.63, 3.8) is 0 Å². The maximum atomic E-state index is 11.0. The van der Waals surface area contributed by atoms with Gasteiger partial charge in [-0.1, -0.05) is 24.6 Å². The minimum Gasteiger partial charge on any atom is -0.478 e. The van der Waals surface area contributed by atoms with E-state index in [2.05, 4.69) is 13.0 Å². The van der Waals surface area contributed by atoms with Crippen LogP contribution in [0.25, 0.3) is 6.08 Å². The van der Waals surface area contributed by atoms with Gasteiger partial charge in [-0.05, 0) is 48.9 Å². The number of fused-ring (bicyclic) bond motifs is 1. The van der Waals surface area contributed by atoms with Crippen molar-refractivity contribution in [2.75, 3.05) is 0 Å². The van der Waals surface area contributed by atoms with E-state index in [0.717, 1.165) is 24.8 Å². The van der Waals surface area contributed by atoms with Crippen molar-refractivity contribution in [1.82, 2.24) is 0 Å². The van der Waals surface area contributed by atoms with Crippen LogP contribution in [0.4, 0.5) is 0 Å². The van der Waals surface area contributed by atoms with Crippen molar-refractivity contribution in [2.24, 2.45) is 0 Å². The molecule has 0 aromatic heterocycles. The zero-order valence-corrected chi connectivity index (χ0v) is 9.71. The fraction of sp³-hybridized carbons (Fsp3) is 0.357. The van der Waals surface area contributed by atoms with Gasteiger partial charge in [0.25, 0.3) is 0 Å². The zero-order chi connectivity index (χ0) is 11.7. The third kappa shape index (κ3) is 1.87. The molecule has 0 heterocycles. The van der Waals surface area contributed by atoms with Crippen LogP contribution < -0.4 is 0 Å². The highest BCUT2D eigenvalue weighted by Gasteiger charge is 2.14. The Bertz CT molecular complexity index is 470. The van der Waals surface area contributed by atoms with Crippen molar-refractivity contribution in [2.45, 2.75) is 33.1 Å². The molecule has 0 fully saturated rings. The van der Waals surface area contributed by atoms with Gasteiger partial charge in [0.05, 0.1) is 5.56 Å². The Morgan fingerprint density at radius 3 is 2.75 bits per heavy atom. The van der Waals surface area contributed by atoms with Crippen LogP contribution in [0, 0.1) is 6.92 Å². The van der Waals surface area contributed by atoms with Gasteiger partial charge in [-0.25, -0.2) is 4.79 Å². The van der Waals surface area contributed by atoms with Gasteiger partial charge in [-0.15, -0.1) is 0 Å². The van der Waals surface area contributed by atoms with Crippen molar-refractivity contribution >= 4 is 12.0 Å². The molecule has 2 nitrogen and oxygen atoms in total. The number of aryl methyl sites for hydroxylation is 2. The summed E-state index contributed by atoms with van der Waals surface area (Å²) in [6, 6.07) is 3.82. The molecule has 0 bridgehead atoms. The number of hydrogen-bond acceptors (Lipinski definition) is 1. The van der Waals surface area contributed by atoms with E-state index in [0.29, 0.717) is 5.56 Å². The van der Waals surface area contributed by atoms with Gasteiger partial charge in [0, 0.05) is 0 Å². The minimum atomic E-state index is -0.828. The van der Waals surface area contributed by atoms with Crippen LogP contribution >= 0.6 is 0 Å². The first-order valence-corrected chi connectivity index (χ1v) is 5.68. The lowest BCUT2D eigenvalue weighted by Crippen LogP contribution is -2.05. The minimum absolute atomic E-state index is 0.437. The van der Waals surface area contributed by atoms with E-state index in [4.69, 9.17) is 5.11 Å². The predicted molar refractivity (Wildman–Crippen MR) is 64.7 cm³/mol. The van der Waals surface area contributed by atoms with Crippen LogP contribution in [0.15, 0.2) is 17.7 Å². The molecule has 0 atom stereocenters. The first-order valence-electron chi connectivity index (χ1n) is 5.68. The van der Waals surface area contributed by atoms with Crippen LogP contribution in [0.3, 0.4) is 0 Å². The highest BCUT2D eigenvalue weighted by molar-refractivity contribution is 5.90. The molecule has 0 saturated carbocycles. The predicted octanol–water partition coefficient (Wildman–Crippen LogP) is 3.43. The number of rotatable bonds is 2. The third-order valence-electron chi connectivity index (χ3n) is 3.25. The highest BCUT2D eigenvalue weighted by atomic mass is 16.4. The van der Waals surface area contributed by atoms with Crippen molar-refractivity contribution in [1.29, 1.82) is 0 Å². The van der Waals surface area contributed by atoms with Crippen molar-refractivity contribution < 1.29 is 9.90 Å². The monoisotopic (exact) mass is 216 g/mol. The molecule has 1 aliphatic rings. The number of carboxylic acids is 1. The normalized spacial score (nSPS) is 14.2. The van der Waals surface area contributed by atoms with Gasteiger partial charge in [0.2, 0.25) is 0 Å². The molecule has 0 amide bonds. The lowest BCUT2D eigenvalue weighted by atomic mass is 9.88. The van der Waals surface area contributed by atoms with Crippen LogP contribution in [-0.4, -0.2) is 11.1 Å². The Morgan fingerprint density at radius 2 is 2.12 bits per heavy atom. The Labute approximate surface area is 95.6 Å². The second-order valence-electron chi connectivity index (χ2n) is 4.33. The SMILES string of the molecule is CCC1=Cc2cc(C)c(C(=O)O)cc2CC1. The van der Waals surface area contributed by atoms with Gasteiger partial charge >= 0.3 is 5.97 Å². The Hall–Kier alpha value is -1.57. The summed E-state index contributed by atoms with van der Waals surface area (Å²) in [5, 5.41) is 9.05. The molecule has 1 aliphatic carbocycles. The number of aromatic carboxylic acids is 1. The van der Waals surface area contributed by atoms with Crippen LogP contribution in [0.1, 0.15) is 46.8 Å². The summed E-state index contributed by atoms with van der Waals surface area (Å²) < 4.78 is 0. The van der Waals surface area contributed by atoms with E-state index in [1.54, 1.807) is 0 Å². The molecule has 84 valence electrons. The van der Waals surface area contributed by atoms with Crippen molar-refractivity contribution in [3.8, 4) is 0 Å². The van der Waals surface area contributed by atoms with Gasteiger partial charge < -0.3 is 5.11 Å². The number of carbonyl (C=O) groups is 1. The number of benzene rings is 1. The van der Waals surface area contributed by atoms with E-state index in [9.17, 15) is 4.79 Å². The topological polar surface area (TPSA) is 37.3 Å². The fourth-order valence-corrected chi connectivity index (χ4v) is 2.22. The third-order valence-corrected chi connectivity index (χ3v) is 3.25. The van der Waals surface area contributed by atoms with Gasteiger partial charge in [0.15, 0.2) is 0 Å².